The number of benzene rings is 4. The van der Waals surface area contributed by atoms with Gasteiger partial charge in [-0.1, -0.05) is 84.9 Å². The van der Waals surface area contributed by atoms with E-state index in [1.807, 2.05) is 78.9 Å². The van der Waals surface area contributed by atoms with Crippen molar-refractivity contribution in [3.8, 4) is 0 Å². The standard InChI is InChI=1S/C28H28N2O4S/c31-28(16-17-30-35(32,33)27-15-14-23-10-4-5-11-24(23)18-27)29-19-25-12-6-7-13-26(25)21-34-20-22-8-2-1-3-9-22/h1-15,18,30H,16-17,19-21H2,(H,29,31). The van der Waals surface area contributed by atoms with Crippen LogP contribution >= 0.6 is 0 Å². The van der Waals surface area contributed by atoms with Crippen LogP contribution in [0.3, 0.4) is 0 Å². The van der Waals surface area contributed by atoms with Gasteiger partial charge in [0.1, 0.15) is 0 Å². The lowest BCUT2D eigenvalue weighted by Gasteiger charge is -2.12. The molecule has 7 heteroatoms. The number of carbonyl (C=O) groups is 1. The number of amides is 1. The molecule has 0 aliphatic rings. The molecule has 2 N–H and O–H groups in total. The molecule has 0 aliphatic heterocycles. The quantitative estimate of drug-likeness (QED) is 0.325. The molecule has 0 bridgehead atoms. The highest BCUT2D eigenvalue weighted by Crippen LogP contribution is 2.19. The maximum absolute atomic E-state index is 12.6. The molecule has 0 unspecified atom stereocenters. The van der Waals surface area contributed by atoms with Gasteiger partial charge in [-0.3, -0.25) is 4.79 Å². The molecular weight excluding hydrogens is 460 g/mol. The second-order valence-corrected chi connectivity index (χ2v) is 9.95. The lowest BCUT2D eigenvalue weighted by molar-refractivity contribution is -0.121. The Labute approximate surface area is 206 Å². The zero-order valence-electron chi connectivity index (χ0n) is 19.3. The first-order chi connectivity index (χ1) is 17.0. The van der Waals surface area contributed by atoms with Crippen LogP contribution in [0.1, 0.15) is 23.1 Å². The molecule has 4 aromatic carbocycles. The normalized spacial score (nSPS) is 11.4. The average Bonchev–Trinajstić information content (AvgIpc) is 2.88. The first-order valence-electron chi connectivity index (χ1n) is 11.4. The molecule has 0 radical (unpaired) electrons. The molecule has 0 fully saturated rings. The van der Waals surface area contributed by atoms with Crippen LogP contribution in [0.4, 0.5) is 0 Å². The van der Waals surface area contributed by atoms with Crippen molar-refractivity contribution >= 4 is 26.7 Å². The molecule has 6 nitrogen and oxygen atoms in total. The Bertz CT molecular complexity index is 1390. The molecule has 0 aliphatic carbocycles. The minimum atomic E-state index is -3.70. The fraction of sp³-hybridized carbons (Fsp3) is 0.179. The van der Waals surface area contributed by atoms with Gasteiger partial charge in [-0.2, -0.15) is 0 Å². The van der Waals surface area contributed by atoms with E-state index in [2.05, 4.69) is 10.0 Å². The summed E-state index contributed by atoms with van der Waals surface area (Å²) >= 11 is 0. The minimum Gasteiger partial charge on any atom is -0.372 e. The number of hydrogen-bond donors (Lipinski definition) is 2. The Hall–Kier alpha value is -3.52. The van der Waals surface area contributed by atoms with Crippen LogP contribution in [0.25, 0.3) is 10.8 Å². The Kier molecular flexibility index (Phi) is 8.26. The second-order valence-electron chi connectivity index (χ2n) is 8.18. The third-order valence-corrected chi connectivity index (χ3v) is 7.10. The average molecular weight is 489 g/mol. The number of sulfonamides is 1. The number of carbonyl (C=O) groups excluding carboxylic acids is 1. The van der Waals surface area contributed by atoms with E-state index in [1.54, 1.807) is 18.2 Å². The van der Waals surface area contributed by atoms with Crippen molar-refractivity contribution in [1.29, 1.82) is 0 Å². The fourth-order valence-corrected chi connectivity index (χ4v) is 4.79. The molecule has 0 spiro atoms. The predicted molar refractivity (Wildman–Crippen MR) is 137 cm³/mol. The maximum Gasteiger partial charge on any atom is 0.240 e. The number of rotatable bonds is 11. The summed E-state index contributed by atoms with van der Waals surface area (Å²) in [5.41, 5.74) is 3.07. The van der Waals surface area contributed by atoms with Crippen molar-refractivity contribution in [3.63, 3.8) is 0 Å². The summed E-state index contributed by atoms with van der Waals surface area (Å²) < 4.78 is 33.6. The minimum absolute atomic E-state index is 0.0167. The first kappa shape index (κ1) is 24.6. The zero-order chi connectivity index (χ0) is 24.5. The van der Waals surface area contributed by atoms with Gasteiger partial charge in [0, 0.05) is 19.5 Å². The molecule has 4 aromatic rings. The predicted octanol–water partition coefficient (Wildman–Crippen LogP) is 4.54. The number of nitrogens with one attached hydrogen (secondary N) is 2. The first-order valence-corrected chi connectivity index (χ1v) is 12.9. The summed E-state index contributed by atoms with van der Waals surface area (Å²) in [5, 5.41) is 4.68. The molecular formula is C28H28N2O4S. The number of fused-ring (bicyclic) bond motifs is 1. The molecule has 0 atom stereocenters. The Morgan fingerprint density at radius 2 is 1.43 bits per heavy atom. The highest BCUT2D eigenvalue weighted by Gasteiger charge is 2.15. The van der Waals surface area contributed by atoms with Gasteiger partial charge in [0.05, 0.1) is 18.1 Å². The van der Waals surface area contributed by atoms with Crippen molar-refractivity contribution < 1.29 is 17.9 Å². The monoisotopic (exact) mass is 488 g/mol. The molecule has 0 saturated carbocycles. The van der Waals surface area contributed by atoms with E-state index in [1.165, 1.54) is 0 Å². The largest absolute Gasteiger partial charge is 0.372 e. The molecule has 0 aromatic heterocycles. The molecule has 0 heterocycles. The molecule has 180 valence electrons. The van der Waals surface area contributed by atoms with E-state index in [0.717, 1.165) is 27.5 Å². The highest BCUT2D eigenvalue weighted by atomic mass is 32.2. The number of ether oxygens (including phenoxy) is 1. The topological polar surface area (TPSA) is 84.5 Å². The van der Waals surface area contributed by atoms with E-state index in [4.69, 9.17) is 4.74 Å². The van der Waals surface area contributed by atoms with Crippen LogP contribution in [-0.4, -0.2) is 20.9 Å². The summed E-state index contributed by atoms with van der Waals surface area (Å²) in [6.45, 7) is 1.31. The van der Waals surface area contributed by atoms with Crippen molar-refractivity contribution in [2.75, 3.05) is 6.54 Å². The van der Waals surface area contributed by atoms with Crippen LogP contribution in [0, 0.1) is 0 Å². The van der Waals surface area contributed by atoms with Gasteiger partial charge < -0.3 is 10.1 Å². The van der Waals surface area contributed by atoms with E-state index in [9.17, 15) is 13.2 Å². The summed E-state index contributed by atoms with van der Waals surface area (Å²) in [4.78, 5) is 12.5. The lowest BCUT2D eigenvalue weighted by atomic mass is 10.1. The zero-order valence-corrected chi connectivity index (χ0v) is 20.1. The van der Waals surface area contributed by atoms with Gasteiger partial charge in [-0.05, 0) is 39.6 Å². The van der Waals surface area contributed by atoms with Gasteiger partial charge in [-0.15, -0.1) is 0 Å². The maximum atomic E-state index is 12.6. The summed E-state index contributed by atoms with van der Waals surface area (Å²) in [7, 11) is -3.70. The summed E-state index contributed by atoms with van der Waals surface area (Å²) in [6.07, 6.45) is 0.0412. The van der Waals surface area contributed by atoms with E-state index < -0.39 is 10.0 Å². The van der Waals surface area contributed by atoms with E-state index >= 15 is 0 Å². The van der Waals surface area contributed by atoms with E-state index in [0.29, 0.717) is 19.8 Å². The van der Waals surface area contributed by atoms with Crippen molar-refractivity contribution in [2.24, 2.45) is 0 Å². The van der Waals surface area contributed by atoms with Crippen molar-refractivity contribution in [1.82, 2.24) is 10.0 Å². The van der Waals surface area contributed by atoms with Gasteiger partial charge in [0.15, 0.2) is 0 Å². The number of hydrogen-bond acceptors (Lipinski definition) is 4. The Morgan fingerprint density at radius 1 is 0.743 bits per heavy atom. The summed E-state index contributed by atoms with van der Waals surface area (Å²) in [6, 6.07) is 30.3. The lowest BCUT2D eigenvalue weighted by Crippen LogP contribution is -2.30. The molecule has 4 rings (SSSR count). The van der Waals surface area contributed by atoms with E-state index in [-0.39, 0.29) is 23.8 Å². The van der Waals surface area contributed by atoms with Crippen LogP contribution < -0.4 is 10.0 Å². The Balaban J connectivity index is 1.24. The highest BCUT2D eigenvalue weighted by molar-refractivity contribution is 7.89. The Morgan fingerprint density at radius 3 is 2.23 bits per heavy atom. The van der Waals surface area contributed by atoms with Crippen LogP contribution in [-0.2, 0) is 39.3 Å². The van der Waals surface area contributed by atoms with Gasteiger partial charge >= 0.3 is 0 Å². The van der Waals surface area contributed by atoms with Crippen molar-refractivity contribution in [3.05, 3.63) is 114 Å². The van der Waals surface area contributed by atoms with Gasteiger partial charge in [0.2, 0.25) is 15.9 Å². The SMILES string of the molecule is O=C(CCNS(=O)(=O)c1ccc2ccccc2c1)NCc1ccccc1COCc1ccccc1. The fourth-order valence-electron chi connectivity index (χ4n) is 3.72. The third kappa shape index (κ3) is 6.99. The summed E-state index contributed by atoms with van der Waals surface area (Å²) in [5.74, 6) is -0.230. The van der Waals surface area contributed by atoms with Crippen LogP contribution in [0.15, 0.2) is 102 Å². The molecule has 1 amide bonds. The van der Waals surface area contributed by atoms with Crippen molar-refractivity contribution in [2.45, 2.75) is 31.1 Å². The third-order valence-electron chi connectivity index (χ3n) is 5.64. The van der Waals surface area contributed by atoms with Gasteiger partial charge in [-0.25, -0.2) is 13.1 Å². The second kappa shape index (κ2) is 11.8. The molecule has 0 saturated heterocycles. The van der Waals surface area contributed by atoms with Crippen LogP contribution in [0.2, 0.25) is 0 Å². The van der Waals surface area contributed by atoms with Gasteiger partial charge in [0.25, 0.3) is 0 Å². The smallest absolute Gasteiger partial charge is 0.240 e. The van der Waals surface area contributed by atoms with Crippen LogP contribution in [0.5, 0.6) is 0 Å². The molecule has 35 heavy (non-hydrogen) atoms.